The number of piperazine rings is 1. The van der Waals surface area contributed by atoms with Gasteiger partial charge in [0.25, 0.3) is 0 Å². The Morgan fingerprint density at radius 1 is 0.903 bits per heavy atom. The molecule has 0 spiro atoms. The number of aromatic nitrogens is 2. The van der Waals surface area contributed by atoms with Crippen LogP contribution in [0, 0.1) is 13.8 Å². The second-order valence-corrected chi connectivity index (χ2v) is 8.76. The number of anilines is 1. The fourth-order valence-electron chi connectivity index (χ4n) is 4.57. The van der Waals surface area contributed by atoms with Gasteiger partial charge in [-0.2, -0.15) is 0 Å². The van der Waals surface area contributed by atoms with Crippen LogP contribution in [-0.4, -0.2) is 35.7 Å². The standard InChI is InChI=1S/C26H27ClN4/c1-17-4-5-20(16-18(17)2)23-24-22(27)10-11-29-26(24)30(3)25(23)19-6-8-21(9-7-19)31-14-12-28-13-15-31/h4-11,16,28H,12-15H2,1-3H3. The molecule has 1 aliphatic rings. The van der Waals surface area contributed by atoms with E-state index in [0.29, 0.717) is 0 Å². The first-order valence-corrected chi connectivity index (χ1v) is 11.2. The van der Waals surface area contributed by atoms with Crippen LogP contribution in [0.15, 0.2) is 54.7 Å². The summed E-state index contributed by atoms with van der Waals surface area (Å²) in [6.45, 7) is 8.46. The Labute approximate surface area is 188 Å². The van der Waals surface area contributed by atoms with E-state index >= 15 is 0 Å². The largest absolute Gasteiger partial charge is 0.369 e. The normalized spacial score (nSPS) is 14.4. The number of nitrogens with zero attached hydrogens (tertiary/aromatic N) is 3. The van der Waals surface area contributed by atoms with Crippen molar-refractivity contribution in [2.45, 2.75) is 13.8 Å². The highest BCUT2D eigenvalue weighted by molar-refractivity contribution is 6.37. The van der Waals surface area contributed by atoms with Crippen LogP contribution >= 0.6 is 11.6 Å². The van der Waals surface area contributed by atoms with Gasteiger partial charge in [0.1, 0.15) is 5.65 Å². The van der Waals surface area contributed by atoms with Crippen molar-refractivity contribution < 1.29 is 0 Å². The summed E-state index contributed by atoms with van der Waals surface area (Å²) in [5.41, 5.74) is 9.37. The number of hydrogen-bond acceptors (Lipinski definition) is 3. The highest BCUT2D eigenvalue weighted by Gasteiger charge is 2.22. The fraction of sp³-hybridized carbons (Fsp3) is 0.269. The molecule has 1 N–H and O–H groups in total. The molecule has 1 fully saturated rings. The molecule has 0 atom stereocenters. The van der Waals surface area contributed by atoms with Gasteiger partial charge in [-0.05, 0) is 54.3 Å². The summed E-state index contributed by atoms with van der Waals surface area (Å²) in [5, 5.41) is 5.16. The maximum absolute atomic E-state index is 6.72. The molecule has 4 nitrogen and oxygen atoms in total. The zero-order valence-corrected chi connectivity index (χ0v) is 19.0. The molecule has 0 saturated carbocycles. The maximum Gasteiger partial charge on any atom is 0.142 e. The second kappa shape index (κ2) is 8.03. The Morgan fingerprint density at radius 3 is 2.32 bits per heavy atom. The molecular weight excluding hydrogens is 404 g/mol. The molecule has 158 valence electrons. The summed E-state index contributed by atoms with van der Waals surface area (Å²) in [6, 6.07) is 17.4. The van der Waals surface area contributed by atoms with E-state index in [9.17, 15) is 0 Å². The Kier molecular flexibility index (Phi) is 5.20. The third-order valence-corrected chi connectivity index (χ3v) is 6.75. The smallest absolute Gasteiger partial charge is 0.142 e. The Bertz CT molecular complexity index is 1250. The van der Waals surface area contributed by atoms with Crippen LogP contribution in [0.5, 0.6) is 0 Å². The number of pyridine rings is 1. The third kappa shape index (κ3) is 3.50. The van der Waals surface area contributed by atoms with E-state index in [1.807, 2.05) is 6.07 Å². The molecule has 1 aliphatic heterocycles. The monoisotopic (exact) mass is 430 g/mol. The highest BCUT2D eigenvalue weighted by Crippen LogP contribution is 2.43. The number of aryl methyl sites for hydroxylation is 3. The molecular formula is C26H27ClN4. The number of nitrogens with one attached hydrogen (secondary N) is 1. The van der Waals surface area contributed by atoms with Crippen LogP contribution < -0.4 is 10.2 Å². The Balaban J connectivity index is 1.70. The van der Waals surface area contributed by atoms with Crippen LogP contribution in [0.25, 0.3) is 33.4 Å². The quantitative estimate of drug-likeness (QED) is 0.460. The molecule has 0 bridgehead atoms. The molecule has 2 aromatic carbocycles. The first-order chi connectivity index (χ1) is 15.0. The third-order valence-electron chi connectivity index (χ3n) is 6.44. The number of hydrogen-bond donors (Lipinski definition) is 1. The maximum atomic E-state index is 6.72. The van der Waals surface area contributed by atoms with Crippen LogP contribution in [0.2, 0.25) is 5.02 Å². The zero-order valence-electron chi connectivity index (χ0n) is 18.2. The van der Waals surface area contributed by atoms with Crippen LogP contribution in [0.1, 0.15) is 11.1 Å². The average Bonchev–Trinajstić information content (AvgIpc) is 3.10. The van der Waals surface area contributed by atoms with E-state index in [0.717, 1.165) is 53.5 Å². The highest BCUT2D eigenvalue weighted by atomic mass is 35.5. The lowest BCUT2D eigenvalue weighted by Crippen LogP contribution is -2.43. The number of halogens is 1. The minimum atomic E-state index is 0.734. The molecule has 5 rings (SSSR count). The van der Waals surface area contributed by atoms with Crippen LogP contribution in [-0.2, 0) is 7.05 Å². The van der Waals surface area contributed by atoms with E-state index in [2.05, 4.69) is 83.1 Å². The predicted octanol–water partition coefficient (Wildman–Crippen LogP) is 5.59. The van der Waals surface area contributed by atoms with Gasteiger partial charge in [-0.25, -0.2) is 4.98 Å². The molecule has 2 aromatic heterocycles. The van der Waals surface area contributed by atoms with E-state index in [4.69, 9.17) is 11.6 Å². The van der Waals surface area contributed by atoms with Crippen LogP contribution in [0.3, 0.4) is 0 Å². The Hall–Kier alpha value is -2.82. The Morgan fingerprint density at radius 2 is 1.61 bits per heavy atom. The van der Waals surface area contributed by atoms with E-state index in [-0.39, 0.29) is 0 Å². The summed E-state index contributed by atoms with van der Waals surface area (Å²) >= 11 is 6.72. The molecule has 1 saturated heterocycles. The topological polar surface area (TPSA) is 33.1 Å². The van der Waals surface area contributed by atoms with Crippen molar-refractivity contribution in [3.05, 3.63) is 70.9 Å². The minimum absolute atomic E-state index is 0.734. The van der Waals surface area contributed by atoms with Gasteiger partial charge in [-0.3, -0.25) is 0 Å². The predicted molar refractivity (Wildman–Crippen MR) is 131 cm³/mol. The zero-order chi connectivity index (χ0) is 21.5. The van der Waals surface area contributed by atoms with Gasteiger partial charge < -0.3 is 14.8 Å². The van der Waals surface area contributed by atoms with Crippen molar-refractivity contribution in [3.63, 3.8) is 0 Å². The van der Waals surface area contributed by atoms with E-state index < -0.39 is 0 Å². The molecule has 0 aliphatic carbocycles. The minimum Gasteiger partial charge on any atom is -0.369 e. The lowest BCUT2D eigenvalue weighted by Gasteiger charge is -2.29. The number of rotatable bonds is 3. The van der Waals surface area contributed by atoms with Crippen molar-refractivity contribution in [1.29, 1.82) is 0 Å². The molecule has 0 unspecified atom stereocenters. The van der Waals surface area contributed by atoms with Gasteiger partial charge >= 0.3 is 0 Å². The van der Waals surface area contributed by atoms with Crippen molar-refractivity contribution >= 4 is 28.3 Å². The first kappa shape index (κ1) is 20.1. The summed E-state index contributed by atoms with van der Waals surface area (Å²) in [4.78, 5) is 7.10. The van der Waals surface area contributed by atoms with Crippen molar-refractivity contribution in [2.75, 3.05) is 31.1 Å². The number of benzene rings is 2. The summed E-state index contributed by atoms with van der Waals surface area (Å²) in [5.74, 6) is 0. The molecule has 31 heavy (non-hydrogen) atoms. The first-order valence-electron chi connectivity index (χ1n) is 10.8. The second-order valence-electron chi connectivity index (χ2n) is 8.36. The molecule has 5 heteroatoms. The lowest BCUT2D eigenvalue weighted by atomic mass is 9.96. The van der Waals surface area contributed by atoms with Gasteiger partial charge in [0.15, 0.2) is 0 Å². The van der Waals surface area contributed by atoms with Crippen LogP contribution in [0.4, 0.5) is 5.69 Å². The van der Waals surface area contributed by atoms with Crippen molar-refractivity contribution in [3.8, 4) is 22.4 Å². The molecule has 0 amide bonds. The molecule has 0 radical (unpaired) electrons. The summed E-state index contributed by atoms with van der Waals surface area (Å²) < 4.78 is 2.17. The van der Waals surface area contributed by atoms with E-state index in [1.54, 1.807) is 6.20 Å². The summed E-state index contributed by atoms with van der Waals surface area (Å²) in [7, 11) is 2.08. The van der Waals surface area contributed by atoms with Gasteiger partial charge in [-0.1, -0.05) is 41.9 Å². The molecule has 3 heterocycles. The fourth-order valence-corrected chi connectivity index (χ4v) is 4.81. The molecule has 4 aromatic rings. The average molecular weight is 431 g/mol. The van der Waals surface area contributed by atoms with Gasteiger partial charge in [-0.15, -0.1) is 0 Å². The number of fused-ring (bicyclic) bond motifs is 1. The summed E-state index contributed by atoms with van der Waals surface area (Å²) in [6.07, 6.45) is 1.78. The van der Waals surface area contributed by atoms with Gasteiger partial charge in [0.05, 0.1) is 10.7 Å². The van der Waals surface area contributed by atoms with Crippen molar-refractivity contribution in [1.82, 2.24) is 14.9 Å². The van der Waals surface area contributed by atoms with E-state index in [1.165, 1.54) is 27.9 Å². The SMILES string of the molecule is Cc1ccc(-c2c(-c3ccc(N4CCNCC4)cc3)n(C)c3nccc(Cl)c23)cc1C. The lowest BCUT2D eigenvalue weighted by molar-refractivity contribution is 0.589. The van der Waals surface area contributed by atoms with Gasteiger partial charge in [0, 0.05) is 56.1 Å². The van der Waals surface area contributed by atoms with Gasteiger partial charge in [0.2, 0.25) is 0 Å². The van der Waals surface area contributed by atoms with Crippen molar-refractivity contribution in [2.24, 2.45) is 7.05 Å².